The zero-order chi connectivity index (χ0) is 17.7. The molecule has 0 spiro atoms. The standard InChI is InChI=1S/C19H32ClO3P/c1-3-5-7-8-9-10-13-16-22-24(21,17-6-4-2)23-19-15-12-11-14-18(19)20/h11-12,14-15H,3-10,13,16-17H2,1-2H3. The van der Waals surface area contributed by atoms with Crippen LogP contribution in [0.3, 0.4) is 0 Å². The Morgan fingerprint density at radius 3 is 2.21 bits per heavy atom. The summed E-state index contributed by atoms with van der Waals surface area (Å²) in [5.41, 5.74) is 0. The van der Waals surface area contributed by atoms with Gasteiger partial charge in [-0.1, -0.05) is 82.5 Å². The Hall–Kier alpha value is -0.500. The van der Waals surface area contributed by atoms with Crippen molar-refractivity contribution in [2.75, 3.05) is 12.8 Å². The van der Waals surface area contributed by atoms with Crippen LogP contribution in [0.5, 0.6) is 5.75 Å². The summed E-state index contributed by atoms with van der Waals surface area (Å²) in [5.74, 6) is 0.443. The zero-order valence-electron chi connectivity index (χ0n) is 15.1. The fourth-order valence-corrected chi connectivity index (χ4v) is 4.49. The molecule has 1 aromatic carbocycles. The molecule has 138 valence electrons. The van der Waals surface area contributed by atoms with Gasteiger partial charge in [0, 0.05) is 0 Å². The fourth-order valence-electron chi connectivity index (χ4n) is 2.42. The molecular formula is C19H32ClO3P. The van der Waals surface area contributed by atoms with E-state index in [0.717, 1.165) is 25.7 Å². The first-order chi connectivity index (χ1) is 11.6. The maximum absolute atomic E-state index is 13.0. The Morgan fingerprint density at radius 1 is 0.917 bits per heavy atom. The van der Waals surface area contributed by atoms with Gasteiger partial charge in [-0.05, 0) is 25.0 Å². The van der Waals surface area contributed by atoms with E-state index in [0.29, 0.717) is 23.5 Å². The summed E-state index contributed by atoms with van der Waals surface area (Å²) in [6, 6.07) is 7.11. The van der Waals surface area contributed by atoms with Crippen molar-refractivity contribution in [3.63, 3.8) is 0 Å². The van der Waals surface area contributed by atoms with Gasteiger partial charge in [0.2, 0.25) is 0 Å². The summed E-state index contributed by atoms with van der Waals surface area (Å²) >= 11 is 6.11. The number of benzene rings is 1. The highest BCUT2D eigenvalue weighted by molar-refractivity contribution is 7.54. The van der Waals surface area contributed by atoms with Gasteiger partial charge >= 0.3 is 7.60 Å². The average molecular weight is 375 g/mol. The van der Waals surface area contributed by atoms with Gasteiger partial charge < -0.3 is 4.52 Å². The van der Waals surface area contributed by atoms with Crippen LogP contribution in [-0.4, -0.2) is 12.8 Å². The van der Waals surface area contributed by atoms with Crippen LogP contribution in [0.25, 0.3) is 0 Å². The average Bonchev–Trinajstić information content (AvgIpc) is 2.58. The Bertz CT molecular complexity index is 493. The maximum Gasteiger partial charge on any atom is 0.379 e. The van der Waals surface area contributed by atoms with E-state index in [-0.39, 0.29) is 0 Å². The molecule has 0 fully saturated rings. The van der Waals surface area contributed by atoms with Gasteiger partial charge in [0.05, 0.1) is 17.8 Å². The molecule has 0 saturated heterocycles. The molecule has 1 unspecified atom stereocenters. The molecule has 5 heteroatoms. The van der Waals surface area contributed by atoms with Crippen LogP contribution in [0.1, 0.15) is 71.6 Å². The van der Waals surface area contributed by atoms with Crippen molar-refractivity contribution in [2.24, 2.45) is 0 Å². The second-order valence-electron chi connectivity index (χ2n) is 6.16. The van der Waals surface area contributed by atoms with Gasteiger partial charge in [0.15, 0.2) is 0 Å². The minimum Gasteiger partial charge on any atom is -0.423 e. The Balaban J connectivity index is 2.41. The molecule has 24 heavy (non-hydrogen) atoms. The van der Waals surface area contributed by atoms with Crippen LogP contribution in [0, 0.1) is 0 Å². The predicted octanol–water partition coefficient (Wildman–Crippen LogP) is 7.48. The van der Waals surface area contributed by atoms with Crippen molar-refractivity contribution in [1.82, 2.24) is 0 Å². The highest BCUT2D eigenvalue weighted by Crippen LogP contribution is 2.50. The smallest absolute Gasteiger partial charge is 0.379 e. The Labute approximate surface area is 152 Å². The number of hydrogen-bond acceptors (Lipinski definition) is 3. The predicted molar refractivity (Wildman–Crippen MR) is 103 cm³/mol. The maximum atomic E-state index is 13.0. The van der Waals surface area contributed by atoms with E-state index in [4.69, 9.17) is 20.6 Å². The molecule has 1 aromatic rings. The van der Waals surface area contributed by atoms with Gasteiger partial charge in [0.25, 0.3) is 0 Å². The topological polar surface area (TPSA) is 35.5 Å². The number of unbranched alkanes of at least 4 members (excludes halogenated alkanes) is 7. The molecule has 0 aromatic heterocycles. The second kappa shape index (κ2) is 12.8. The molecule has 1 atom stereocenters. The minimum absolute atomic E-state index is 0.436. The largest absolute Gasteiger partial charge is 0.423 e. The first kappa shape index (κ1) is 21.5. The van der Waals surface area contributed by atoms with E-state index < -0.39 is 7.60 Å². The molecule has 0 bridgehead atoms. The summed E-state index contributed by atoms with van der Waals surface area (Å²) in [6.07, 6.45) is 10.6. The lowest BCUT2D eigenvalue weighted by Crippen LogP contribution is -2.04. The molecule has 0 saturated carbocycles. The molecule has 0 aliphatic carbocycles. The number of para-hydroxylation sites is 1. The molecular weight excluding hydrogens is 343 g/mol. The van der Waals surface area contributed by atoms with Crippen molar-refractivity contribution in [1.29, 1.82) is 0 Å². The van der Waals surface area contributed by atoms with E-state index >= 15 is 0 Å². The quantitative estimate of drug-likeness (QED) is 0.250. The molecule has 0 N–H and O–H groups in total. The molecule has 0 amide bonds. The Morgan fingerprint density at radius 2 is 1.54 bits per heavy atom. The normalized spacial score (nSPS) is 13.6. The summed E-state index contributed by atoms with van der Waals surface area (Å²) < 4.78 is 24.4. The first-order valence-corrected chi connectivity index (χ1v) is 11.4. The molecule has 3 nitrogen and oxygen atoms in total. The van der Waals surface area contributed by atoms with E-state index in [1.54, 1.807) is 12.1 Å². The third-order valence-corrected chi connectivity index (χ3v) is 6.12. The number of halogens is 1. The zero-order valence-corrected chi connectivity index (χ0v) is 16.8. The Kier molecular flexibility index (Phi) is 11.5. The number of rotatable bonds is 14. The van der Waals surface area contributed by atoms with Crippen molar-refractivity contribution in [3.8, 4) is 5.75 Å². The molecule has 0 aliphatic heterocycles. The highest BCUT2D eigenvalue weighted by atomic mass is 35.5. The van der Waals surface area contributed by atoms with Gasteiger partial charge in [-0.25, -0.2) is 4.57 Å². The lowest BCUT2D eigenvalue weighted by atomic mass is 10.1. The SMILES string of the molecule is CCCCCCCCCOP(=O)(CCCC)Oc1ccccc1Cl. The molecule has 1 rings (SSSR count). The monoisotopic (exact) mass is 374 g/mol. The van der Waals surface area contributed by atoms with Crippen molar-refractivity contribution < 1.29 is 13.6 Å². The van der Waals surface area contributed by atoms with E-state index in [2.05, 4.69) is 13.8 Å². The van der Waals surface area contributed by atoms with Crippen LogP contribution < -0.4 is 4.52 Å². The van der Waals surface area contributed by atoms with Crippen LogP contribution >= 0.6 is 19.2 Å². The van der Waals surface area contributed by atoms with Crippen molar-refractivity contribution in [3.05, 3.63) is 29.3 Å². The van der Waals surface area contributed by atoms with E-state index in [9.17, 15) is 4.57 Å². The van der Waals surface area contributed by atoms with Gasteiger partial charge in [-0.3, -0.25) is 4.52 Å². The third-order valence-electron chi connectivity index (χ3n) is 3.90. The molecule has 0 heterocycles. The lowest BCUT2D eigenvalue weighted by molar-refractivity contribution is 0.257. The minimum atomic E-state index is -3.14. The van der Waals surface area contributed by atoms with Gasteiger partial charge in [-0.2, -0.15) is 0 Å². The van der Waals surface area contributed by atoms with E-state index in [1.165, 1.54) is 32.1 Å². The van der Waals surface area contributed by atoms with Gasteiger partial charge in [-0.15, -0.1) is 0 Å². The first-order valence-electron chi connectivity index (χ1n) is 9.29. The highest BCUT2D eigenvalue weighted by Gasteiger charge is 2.26. The summed E-state index contributed by atoms with van der Waals surface area (Å²) in [5, 5.41) is 0.466. The van der Waals surface area contributed by atoms with Crippen molar-refractivity contribution in [2.45, 2.75) is 71.6 Å². The van der Waals surface area contributed by atoms with Crippen LogP contribution in [0.2, 0.25) is 5.02 Å². The molecule has 0 radical (unpaired) electrons. The number of hydrogen-bond donors (Lipinski definition) is 0. The fraction of sp³-hybridized carbons (Fsp3) is 0.684. The third kappa shape index (κ3) is 9.11. The van der Waals surface area contributed by atoms with E-state index in [1.807, 2.05) is 12.1 Å². The summed E-state index contributed by atoms with van der Waals surface area (Å²) in [7, 11) is -3.14. The lowest BCUT2D eigenvalue weighted by Gasteiger charge is -2.20. The summed E-state index contributed by atoms with van der Waals surface area (Å²) in [4.78, 5) is 0. The summed E-state index contributed by atoms with van der Waals surface area (Å²) in [6.45, 7) is 4.77. The van der Waals surface area contributed by atoms with Crippen molar-refractivity contribution >= 4 is 19.2 Å². The van der Waals surface area contributed by atoms with Gasteiger partial charge in [0.1, 0.15) is 5.75 Å². The van der Waals surface area contributed by atoms with Crippen LogP contribution in [-0.2, 0) is 9.09 Å². The second-order valence-corrected chi connectivity index (χ2v) is 8.68. The van der Waals surface area contributed by atoms with Crippen LogP contribution in [0.4, 0.5) is 0 Å². The van der Waals surface area contributed by atoms with Crippen LogP contribution in [0.15, 0.2) is 24.3 Å². The molecule has 0 aliphatic rings.